The summed E-state index contributed by atoms with van der Waals surface area (Å²) in [5.74, 6) is -0.568. The third-order valence-electron chi connectivity index (χ3n) is 5.92. The number of primary amides is 1. The van der Waals surface area contributed by atoms with Crippen LogP contribution in [0.15, 0.2) is 42.6 Å². The number of aryl methyl sites for hydroxylation is 1. The minimum absolute atomic E-state index is 0.164. The summed E-state index contributed by atoms with van der Waals surface area (Å²) in [6.07, 6.45) is 2.78. The number of nitrogens with two attached hydrogens (primary N) is 1. The number of carbonyl (C=O) groups excluding carboxylic acids is 2. The van der Waals surface area contributed by atoms with Crippen molar-refractivity contribution in [2.45, 2.75) is 38.3 Å². The summed E-state index contributed by atoms with van der Waals surface area (Å²) in [5, 5.41) is 0.761. The molecule has 0 unspecified atom stereocenters. The molecule has 3 aromatic rings. The highest BCUT2D eigenvalue weighted by molar-refractivity contribution is 5.97. The number of aromatic nitrogens is 2. The second-order valence-corrected chi connectivity index (χ2v) is 8.41. The van der Waals surface area contributed by atoms with Crippen molar-refractivity contribution < 1.29 is 14.0 Å². The van der Waals surface area contributed by atoms with Crippen LogP contribution < -0.4 is 5.73 Å². The van der Waals surface area contributed by atoms with Crippen molar-refractivity contribution in [3.05, 3.63) is 65.3 Å². The molecular formula is C24H24FN5O2. The van der Waals surface area contributed by atoms with E-state index in [1.165, 1.54) is 6.20 Å². The van der Waals surface area contributed by atoms with Gasteiger partial charge in [0.05, 0.1) is 12.1 Å². The van der Waals surface area contributed by atoms with E-state index < -0.39 is 11.6 Å². The topological polar surface area (TPSA) is 85.6 Å². The Morgan fingerprint density at radius 3 is 2.53 bits per heavy atom. The molecule has 3 heterocycles. The molecular weight excluding hydrogens is 409 g/mol. The van der Waals surface area contributed by atoms with Crippen LogP contribution in [0, 0.1) is 6.57 Å². The van der Waals surface area contributed by atoms with Crippen molar-refractivity contribution in [2.75, 3.05) is 13.1 Å². The molecule has 32 heavy (non-hydrogen) atoms. The van der Waals surface area contributed by atoms with Crippen molar-refractivity contribution in [1.82, 2.24) is 14.5 Å². The Morgan fingerprint density at radius 1 is 1.22 bits per heavy atom. The second-order valence-electron chi connectivity index (χ2n) is 8.41. The SMILES string of the molecule is [C-]#[N+]c1ccc(-n2c(CCC(N)=O)cc3cc(C(=O)N4CCC(C)(F)CC4)cnc32)cc1. The number of alkyl halides is 1. The molecule has 7 nitrogen and oxygen atoms in total. The van der Waals surface area contributed by atoms with Crippen molar-refractivity contribution in [3.63, 3.8) is 0 Å². The van der Waals surface area contributed by atoms with Crippen LogP contribution in [0.1, 0.15) is 42.2 Å². The van der Waals surface area contributed by atoms with Gasteiger partial charge in [0.1, 0.15) is 11.3 Å². The minimum atomic E-state index is -1.23. The predicted octanol–water partition coefficient (Wildman–Crippen LogP) is 3.96. The lowest BCUT2D eigenvalue weighted by Crippen LogP contribution is -2.43. The van der Waals surface area contributed by atoms with Crippen LogP contribution >= 0.6 is 0 Å². The van der Waals surface area contributed by atoms with Gasteiger partial charge in [0, 0.05) is 42.5 Å². The smallest absolute Gasteiger partial charge is 0.255 e. The van der Waals surface area contributed by atoms with E-state index in [9.17, 15) is 14.0 Å². The number of carbonyl (C=O) groups is 2. The van der Waals surface area contributed by atoms with Gasteiger partial charge >= 0.3 is 0 Å². The fourth-order valence-electron chi connectivity index (χ4n) is 4.02. The first-order valence-electron chi connectivity index (χ1n) is 10.5. The van der Waals surface area contributed by atoms with Crippen molar-refractivity contribution in [2.24, 2.45) is 5.73 Å². The van der Waals surface area contributed by atoms with Gasteiger partial charge in [-0.3, -0.25) is 14.2 Å². The van der Waals surface area contributed by atoms with E-state index in [2.05, 4.69) is 9.83 Å². The zero-order valence-corrected chi connectivity index (χ0v) is 17.8. The maximum atomic E-state index is 14.1. The summed E-state index contributed by atoms with van der Waals surface area (Å²) in [7, 11) is 0. The third-order valence-corrected chi connectivity index (χ3v) is 5.92. The van der Waals surface area contributed by atoms with Gasteiger partial charge in [-0.2, -0.15) is 0 Å². The number of pyridine rings is 1. The maximum Gasteiger partial charge on any atom is 0.255 e. The molecule has 1 aromatic carbocycles. The molecule has 0 saturated carbocycles. The molecule has 0 bridgehead atoms. The summed E-state index contributed by atoms with van der Waals surface area (Å²) in [5.41, 5.74) is 7.37. The Balaban J connectivity index is 1.71. The molecule has 1 aliphatic rings. The Morgan fingerprint density at radius 2 is 1.91 bits per heavy atom. The molecule has 0 radical (unpaired) electrons. The molecule has 0 atom stereocenters. The average molecular weight is 433 g/mol. The summed E-state index contributed by atoms with van der Waals surface area (Å²) >= 11 is 0. The fraction of sp³-hybridized carbons (Fsp3) is 0.333. The summed E-state index contributed by atoms with van der Waals surface area (Å²) in [4.78, 5) is 34.0. The summed E-state index contributed by atoms with van der Waals surface area (Å²) < 4.78 is 16.0. The van der Waals surface area contributed by atoms with Gasteiger partial charge in [-0.25, -0.2) is 14.2 Å². The average Bonchev–Trinajstić information content (AvgIpc) is 3.15. The van der Waals surface area contributed by atoms with Gasteiger partial charge in [-0.05, 0) is 50.5 Å². The van der Waals surface area contributed by atoms with Gasteiger partial charge in [0.25, 0.3) is 5.91 Å². The van der Waals surface area contributed by atoms with E-state index in [4.69, 9.17) is 12.3 Å². The molecule has 1 saturated heterocycles. The fourth-order valence-corrected chi connectivity index (χ4v) is 4.02. The first-order chi connectivity index (χ1) is 15.3. The van der Waals surface area contributed by atoms with Crippen molar-refractivity contribution >= 4 is 28.5 Å². The third kappa shape index (κ3) is 4.33. The minimum Gasteiger partial charge on any atom is -0.370 e. The van der Waals surface area contributed by atoms with Crippen LogP contribution in [0.2, 0.25) is 0 Å². The number of nitrogens with zero attached hydrogens (tertiary/aromatic N) is 4. The van der Waals surface area contributed by atoms with Crippen LogP contribution in [0.5, 0.6) is 0 Å². The van der Waals surface area contributed by atoms with E-state index in [-0.39, 0.29) is 12.3 Å². The number of piperidine rings is 1. The van der Waals surface area contributed by atoms with Crippen LogP contribution in [0.3, 0.4) is 0 Å². The van der Waals surface area contributed by atoms with Gasteiger partial charge in [-0.1, -0.05) is 12.1 Å². The lowest BCUT2D eigenvalue weighted by molar-refractivity contribution is -0.118. The molecule has 164 valence electrons. The summed E-state index contributed by atoms with van der Waals surface area (Å²) in [6.45, 7) is 9.47. The van der Waals surface area contributed by atoms with Crippen LogP contribution in [0.4, 0.5) is 10.1 Å². The first-order valence-corrected chi connectivity index (χ1v) is 10.5. The molecule has 0 spiro atoms. The molecule has 1 aliphatic heterocycles. The molecule has 2 N–H and O–H groups in total. The van der Waals surface area contributed by atoms with E-state index in [1.807, 2.05) is 22.8 Å². The molecule has 8 heteroatoms. The quantitative estimate of drug-likeness (QED) is 0.618. The predicted molar refractivity (Wildman–Crippen MR) is 119 cm³/mol. The van der Waals surface area contributed by atoms with Crippen LogP contribution in [-0.4, -0.2) is 45.0 Å². The molecule has 0 aliphatic carbocycles. The van der Waals surface area contributed by atoms with Gasteiger partial charge in [0.2, 0.25) is 5.91 Å². The van der Waals surface area contributed by atoms with Gasteiger partial charge < -0.3 is 10.6 Å². The highest BCUT2D eigenvalue weighted by Crippen LogP contribution is 2.29. The number of hydrogen-bond acceptors (Lipinski definition) is 3. The summed E-state index contributed by atoms with van der Waals surface area (Å²) in [6, 6.07) is 10.8. The second kappa shape index (κ2) is 8.42. The monoisotopic (exact) mass is 433 g/mol. The number of amides is 2. The molecule has 1 fully saturated rings. The van der Waals surface area contributed by atoms with Gasteiger partial charge in [0.15, 0.2) is 5.69 Å². The lowest BCUT2D eigenvalue weighted by atomic mass is 9.95. The van der Waals surface area contributed by atoms with E-state index >= 15 is 0 Å². The van der Waals surface area contributed by atoms with E-state index in [0.717, 1.165) is 16.8 Å². The Hall–Kier alpha value is -3.73. The molecule has 2 amide bonds. The van der Waals surface area contributed by atoms with Crippen molar-refractivity contribution in [1.29, 1.82) is 0 Å². The normalized spacial score (nSPS) is 15.5. The molecule has 4 rings (SSSR count). The van der Waals surface area contributed by atoms with E-state index in [0.29, 0.717) is 49.2 Å². The highest BCUT2D eigenvalue weighted by atomic mass is 19.1. The number of fused-ring (bicyclic) bond motifs is 1. The zero-order valence-electron chi connectivity index (χ0n) is 17.8. The number of halogens is 1. The van der Waals surface area contributed by atoms with Crippen LogP contribution in [0.25, 0.3) is 21.6 Å². The van der Waals surface area contributed by atoms with Crippen molar-refractivity contribution in [3.8, 4) is 5.69 Å². The van der Waals surface area contributed by atoms with Crippen LogP contribution in [-0.2, 0) is 11.2 Å². The largest absolute Gasteiger partial charge is 0.370 e. The molecule has 2 aromatic heterocycles. The first kappa shape index (κ1) is 21.5. The Kier molecular flexibility index (Phi) is 5.66. The number of hydrogen-bond donors (Lipinski definition) is 1. The number of likely N-dealkylation sites (tertiary alicyclic amines) is 1. The zero-order chi connectivity index (χ0) is 22.9. The maximum absolute atomic E-state index is 14.1. The van der Waals surface area contributed by atoms with Gasteiger partial charge in [-0.15, -0.1) is 0 Å². The number of rotatable bonds is 5. The Bertz CT molecular complexity index is 1210. The lowest BCUT2D eigenvalue weighted by Gasteiger charge is -2.34. The highest BCUT2D eigenvalue weighted by Gasteiger charge is 2.32. The Labute approximate surface area is 185 Å². The standard InChI is InChI=1S/C24H24FN5O2/c1-24(25)9-11-29(12-10-24)23(32)17-13-16-14-20(7-8-21(26)31)30(22(16)28-15-17)19-5-3-18(27-2)4-6-19/h3-6,13-15H,7-12H2,1H3,(H2,26,31). The van der Waals surface area contributed by atoms with E-state index in [1.54, 1.807) is 30.0 Å². The number of benzene rings is 1.